The highest BCUT2D eigenvalue weighted by Crippen LogP contribution is 2.34. The zero-order chi connectivity index (χ0) is 31.1. The summed E-state index contributed by atoms with van der Waals surface area (Å²) < 4.78 is 5.80. The Kier molecular flexibility index (Phi) is 10.3. The quantitative estimate of drug-likeness (QED) is 0.363. The molecule has 2 heterocycles. The average molecular weight is 607 g/mol. The maximum atomic E-state index is 13.5. The van der Waals surface area contributed by atoms with Gasteiger partial charge in [-0.05, 0) is 43.5 Å². The number of rotatable bonds is 7. The number of likely N-dealkylation sites (N-methyl/N-ethyl adjacent to an activating group) is 1. The van der Waals surface area contributed by atoms with E-state index in [9.17, 15) is 24.4 Å². The second-order valence-corrected chi connectivity index (χ2v) is 11.7. The third-order valence-electron chi connectivity index (χ3n) is 9.05. The fourth-order valence-electron chi connectivity index (χ4n) is 6.36. The van der Waals surface area contributed by atoms with E-state index in [0.717, 1.165) is 11.4 Å². The first-order valence-corrected chi connectivity index (χ1v) is 15.4. The van der Waals surface area contributed by atoms with Gasteiger partial charge in [-0.25, -0.2) is 10.3 Å². The standard InChI is InChI=1S/C32H42N6O6/c1-34(24-8-4-2-5-9-24)29(39)23-35-14-16-38(17-15-35)32(42)44-26-12-13-27(28(22-26)30(40)33-43)31(41)37-20-18-36(19-21-37)25-10-6-3-7-11-25/h2-11,26-28,43H,12-23H2,1H3,(H,33,40)/t26-,27?,28?/m1/s1. The van der Waals surface area contributed by atoms with Crippen molar-refractivity contribution in [2.75, 3.05) is 75.8 Å². The molecule has 2 unspecified atom stereocenters. The maximum Gasteiger partial charge on any atom is 0.410 e. The predicted molar refractivity (Wildman–Crippen MR) is 164 cm³/mol. The largest absolute Gasteiger partial charge is 0.446 e. The van der Waals surface area contributed by atoms with E-state index in [1.807, 2.05) is 53.4 Å². The number of benzene rings is 2. The number of amides is 4. The number of piperazine rings is 2. The van der Waals surface area contributed by atoms with Crippen molar-refractivity contribution in [1.29, 1.82) is 0 Å². The van der Waals surface area contributed by atoms with Crippen LogP contribution in [0.2, 0.25) is 0 Å². The van der Waals surface area contributed by atoms with Crippen molar-refractivity contribution >= 4 is 35.2 Å². The zero-order valence-electron chi connectivity index (χ0n) is 25.2. The summed E-state index contributed by atoms with van der Waals surface area (Å²) in [6.07, 6.45) is 0.00852. The summed E-state index contributed by atoms with van der Waals surface area (Å²) in [5, 5.41) is 9.44. The molecule has 2 aromatic rings. The van der Waals surface area contributed by atoms with Gasteiger partial charge in [-0.15, -0.1) is 0 Å². The second kappa shape index (κ2) is 14.5. The Bertz CT molecular complexity index is 1280. The summed E-state index contributed by atoms with van der Waals surface area (Å²) in [5.41, 5.74) is 3.67. The minimum absolute atomic E-state index is 0.0233. The van der Waals surface area contributed by atoms with Gasteiger partial charge in [0.15, 0.2) is 0 Å². The van der Waals surface area contributed by atoms with Gasteiger partial charge in [-0.3, -0.25) is 24.5 Å². The lowest BCUT2D eigenvalue weighted by atomic mass is 9.76. The zero-order valence-corrected chi connectivity index (χ0v) is 25.2. The van der Waals surface area contributed by atoms with Gasteiger partial charge in [0.05, 0.1) is 18.4 Å². The van der Waals surface area contributed by atoms with Gasteiger partial charge in [-0.1, -0.05) is 36.4 Å². The first-order valence-electron chi connectivity index (χ1n) is 15.4. The predicted octanol–water partition coefficient (Wildman–Crippen LogP) is 2.04. The molecule has 0 radical (unpaired) electrons. The van der Waals surface area contributed by atoms with Gasteiger partial charge < -0.3 is 24.3 Å². The van der Waals surface area contributed by atoms with E-state index < -0.39 is 29.9 Å². The Balaban J connectivity index is 1.09. The van der Waals surface area contributed by atoms with E-state index in [1.165, 1.54) is 0 Å². The van der Waals surface area contributed by atoms with E-state index in [-0.39, 0.29) is 24.8 Å². The summed E-state index contributed by atoms with van der Waals surface area (Å²) in [6.45, 7) is 4.68. The van der Waals surface area contributed by atoms with Crippen molar-refractivity contribution < 1.29 is 29.1 Å². The van der Waals surface area contributed by atoms with E-state index in [2.05, 4.69) is 17.0 Å². The molecular weight excluding hydrogens is 564 g/mol. The number of hydroxylamine groups is 1. The summed E-state index contributed by atoms with van der Waals surface area (Å²) in [4.78, 5) is 61.3. The van der Waals surface area contributed by atoms with Crippen LogP contribution < -0.4 is 15.3 Å². The van der Waals surface area contributed by atoms with Crippen LogP contribution in [0.15, 0.2) is 60.7 Å². The molecule has 12 nitrogen and oxygen atoms in total. The van der Waals surface area contributed by atoms with Crippen LogP contribution in [0.5, 0.6) is 0 Å². The fraction of sp³-hybridized carbons (Fsp3) is 0.500. The molecule has 0 aromatic heterocycles. The Morgan fingerprint density at radius 3 is 2.07 bits per heavy atom. The number of hydrogen-bond donors (Lipinski definition) is 2. The number of nitrogens with one attached hydrogen (secondary N) is 1. The molecule has 236 valence electrons. The number of para-hydroxylation sites is 2. The number of hydrogen-bond acceptors (Lipinski definition) is 8. The molecule has 2 aliphatic heterocycles. The average Bonchev–Trinajstić information content (AvgIpc) is 3.08. The Labute approximate surface area is 258 Å². The number of carbonyl (C=O) groups excluding carboxylic acids is 4. The normalized spacial score (nSPS) is 22.7. The van der Waals surface area contributed by atoms with Crippen LogP contribution in [0, 0.1) is 11.8 Å². The van der Waals surface area contributed by atoms with Gasteiger partial charge in [0.25, 0.3) is 0 Å². The Morgan fingerprint density at radius 1 is 0.818 bits per heavy atom. The summed E-state index contributed by atoms with van der Waals surface area (Å²) in [7, 11) is 1.75. The second-order valence-electron chi connectivity index (χ2n) is 11.7. The van der Waals surface area contributed by atoms with Crippen molar-refractivity contribution in [1.82, 2.24) is 20.2 Å². The van der Waals surface area contributed by atoms with Crippen LogP contribution in [0.1, 0.15) is 19.3 Å². The molecule has 5 rings (SSSR count). The van der Waals surface area contributed by atoms with Gasteiger partial charge in [0.1, 0.15) is 6.10 Å². The van der Waals surface area contributed by atoms with E-state index in [1.54, 1.807) is 27.2 Å². The smallest absolute Gasteiger partial charge is 0.410 e. The first-order chi connectivity index (χ1) is 21.3. The molecule has 2 saturated heterocycles. The number of nitrogens with zero attached hydrogens (tertiary/aromatic N) is 5. The van der Waals surface area contributed by atoms with E-state index in [4.69, 9.17) is 4.74 Å². The first kappa shape index (κ1) is 31.3. The molecule has 3 aliphatic rings. The van der Waals surface area contributed by atoms with Crippen LogP contribution in [0.25, 0.3) is 0 Å². The van der Waals surface area contributed by atoms with Crippen LogP contribution in [0.4, 0.5) is 16.2 Å². The van der Waals surface area contributed by atoms with Gasteiger partial charge in [-0.2, -0.15) is 0 Å². The van der Waals surface area contributed by atoms with Crippen molar-refractivity contribution in [3.8, 4) is 0 Å². The van der Waals surface area contributed by atoms with Gasteiger partial charge in [0.2, 0.25) is 17.7 Å². The molecule has 3 fully saturated rings. The molecule has 0 bridgehead atoms. The van der Waals surface area contributed by atoms with Crippen LogP contribution >= 0.6 is 0 Å². The summed E-state index contributed by atoms with van der Waals surface area (Å²) >= 11 is 0. The molecule has 0 spiro atoms. The molecular formula is C32H42N6O6. The SMILES string of the molecule is CN(C(=O)CN1CCN(C(=O)O[C@@H]2CCC(C(=O)N3CCN(c4ccccc4)CC3)C(C(=O)NO)C2)CC1)c1ccccc1. The van der Waals surface area contributed by atoms with Crippen molar-refractivity contribution in [3.63, 3.8) is 0 Å². The summed E-state index contributed by atoms with van der Waals surface area (Å²) in [6, 6.07) is 19.5. The molecule has 1 aliphatic carbocycles. The highest BCUT2D eigenvalue weighted by molar-refractivity contribution is 5.94. The number of carbonyl (C=O) groups is 4. The molecule has 4 amide bonds. The molecule has 2 aromatic carbocycles. The highest BCUT2D eigenvalue weighted by atomic mass is 16.6. The van der Waals surface area contributed by atoms with Crippen molar-refractivity contribution in [2.24, 2.45) is 11.8 Å². The maximum absolute atomic E-state index is 13.5. The Hall–Kier alpha value is -4.16. The van der Waals surface area contributed by atoms with Crippen LogP contribution in [-0.4, -0.2) is 116 Å². The third-order valence-corrected chi connectivity index (χ3v) is 9.05. The molecule has 44 heavy (non-hydrogen) atoms. The number of ether oxygens (including phenoxy) is 1. The minimum Gasteiger partial charge on any atom is -0.446 e. The van der Waals surface area contributed by atoms with E-state index >= 15 is 0 Å². The highest BCUT2D eigenvalue weighted by Gasteiger charge is 2.43. The molecule has 2 N–H and O–H groups in total. The monoisotopic (exact) mass is 606 g/mol. The number of anilines is 2. The Morgan fingerprint density at radius 2 is 1.43 bits per heavy atom. The van der Waals surface area contributed by atoms with Crippen LogP contribution in [-0.2, 0) is 19.1 Å². The van der Waals surface area contributed by atoms with Crippen molar-refractivity contribution in [3.05, 3.63) is 60.7 Å². The molecule has 3 atom stereocenters. The lowest BCUT2D eigenvalue weighted by Gasteiger charge is -2.41. The molecule has 1 saturated carbocycles. The summed E-state index contributed by atoms with van der Waals surface area (Å²) in [5.74, 6) is -2.14. The lowest BCUT2D eigenvalue weighted by molar-refractivity contribution is -0.149. The van der Waals surface area contributed by atoms with Crippen molar-refractivity contribution in [2.45, 2.75) is 25.4 Å². The third kappa shape index (κ3) is 7.48. The van der Waals surface area contributed by atoms with Gasteiger partial charge in [0, 0.05) is 70.8 Å². The topological polar surface area (TPSA) is 126 Å². The van der Waals surface area contributed by atoms with Gasteiger partial charge >= 0.3 is 6.09 Å². The fourth-order valence-corrected chi connectivity index (χ4v) is 6.36. The molecule has 12 heteroatoms. The minimum atomic E-state index is -0.796. The lowest BCUT2D eigenvalue weighted by Crippen LogP contribution is -2.54. The van der Waals surface area contributed by atoms with Crippen LogP contribution in [0.3, 0.4) is 0 Å². The van der Waals surface area contributed by atoms with E-state index in [0.29, 0.717) is 65.2 Å².